The third-order valence-corrected chi connectivity index (χ3v) is 5.87. The van der Waals surface area contributed by atoms with Crippen LogP contribution in [0.1, 0.15) is 31.2 Å². The zero-order valence-electron chi connectivity index (χ0n) is 12.1. The normalized spacial score (nSPS) is 25.0. The van der Waals surface area contributed by atoms with Gasteiger partial charge in [-0.05, 0) is 42.5 Å². The maximum atomic E-state index is 6.27. The van der Waals surface area contributed by atoms with Crippen molar-refractivity contribution in [1.82, 2.24) is 0 Å². The molecule has 0 bridgehead atoms. The first-order chi connectivity index (χ1) is 10.2. The van der Waals surface area contributed by atoms with E-state index in [1.54, 1.807) is 0 Å². The van der Waals surface area contributed by atoms with Crippen LogP contribution in [0.3, 0.4) is 0 Å². The molecule has 2 aliphatic heterocycles. The lowest BCUT2D eigenvalue weighted by molar-refractivity contribution is -0.116. The fourth-order valence-corrected chi connectivity index (χ4v) is 4.82. The number of hydrogen-bond acceptors (Lipinski definition) is 4. The highest BCUT2D eigenvalue weighted by Gasteiger charge is 2.39. The van der Waals surface area contributed by atoms with Gasteiger partial charge in [-0.15, -0.1) is 0 Å². The maximum absolute atomic E-state index is 6.27. The van der Waals surface area contributed by atoms with Gasteiger partial charge in [0.15, 0.2) is 0 Å². The van der Waals surface area contributed by atoms with Gasteiger partial charge >= 0.3 is 0 Å². The molecule has 0 aromatic heterocycles. The van der Waals surface area contributed by atoms with Gasteiger partial charge in [0, 0.05) is 29.4 Å². The van der Waals surface area contributed by atoms with Gasteiger partial charge in [0.2, 0.25) is 0 Å². The van der Waals surface area contributed by atoms with Gasteiger partial charge in [0.1, 0.15) is 11.9 Å². The van der Waals surface area contributed by atoms with Crippen LogP contribution in [0.15, 0.2) is 22.7 Å². The first kappa shape index (κ1) is 15.7. The van der Waals surface area contributed by atoms with Crippen molar-refractivity contribution < 1.29 is 9.47 Å². The summed E-state index contributed by atoms with van der Waals surface area (Å²) in [6.45, 7) is 1.31. The monoisotopic (exact) mass is 371 g/mol. The van der Waals surface area contributed by atoms with Gasteiger partial charge in [-0.1, -0.05) is 15.9 Å². The number of nitrogens with two attached hydrogens (primary N) is 1. The van der Waals surface area contributed by atoms with E-state index in [1.807, 2.05) is 30.0 Å². The Balaban J connectivity index is 1.70. The van der Waals surface area contributed by atoms with Crippen LogP contribution in [-0.4, -0.2) is 29.8 Å². The van der Waals surface area contributed by atoms with E-state index in [-0.39, 0.29) is 11.7 Å². The molecule has 1 spiro atoms. The van der Waals surface area contributed by atoms with Gasteiger partial charge in [0.25, 0.3) is 0 Å². The van der Waals surface area contributed by atoms with Crippen LogP contribution in [-0.2, 0) is 11.3 Å². The minimum Gasteiger partial charge on any atom is -0.490 e. The van der Waals surface area contributed by atoms with Crippen molar-refractivity contribution in [3.63, 3.8) is 0 Å². The summed E-state index contributed by atoms with van der Waals surface area (Å²) in [5, 5.41) is 0. The Bertz CT molecular complexity index is 486. The number of benzene rings is 1. The largest absolute Gasteiger partial charge is 0.490 e. The molecule has 0 radical (unpaired) electrons. The molecule has 2 heterocycles. The topological polar surface area (TPSA) is 44.5 Å². The van der Waals surface area contributed by atoms with E-state index in [9.17, 15) is 0 Å². The third kappa shape index (κ3) is 3.76. The van der Waals surface area contributed by atoms with Crippen molar-refractivity contribution >= 4 is 27.7 Å². The van der Waals surface area contributed by atoms with E-state index in [4.69, 9.17) is 15.2 Å². The number of halogens is 1. The van der Waals surface area contributed by atoms with Gasteiger partial charge in [-0.2, -0.15) is 11.8 Å². The molecule has 2 saturated heterocycles. The molecular formula is C16H22BrNO2S. The number of hydrogen-bond donors (Lipinski definition) is 1. The van der Waals surface area contributed by atoms with Crippen LogP contribution in [0, 0.1) is 0 Å². The second kappa shape index (κ2) is 6.90. The molecule has 21 heavy (non-hydrogen) atoms. The molecule has 116 valence electrons. The summed E-state index contributed by atoms with van der Waals surface area (Å²) in [5.41, 5.74) is 6.95. The van der Waals surface area contributed by atoms with Gasteiger partial charge in [-0.3, -0.25) is 0 Å². The standard InChI is InChI=1S/C16H22BrNO2S/c17-13-1-2-15(12(9-13)11-18)20-14-3-6-19-16(10-14)4-7-21-8-5-16/h1-2,9,14H,3-8,10-11,18H2. The average molecular weight is 372 g/mol. The first-order valence-corrected chi connectivity index (χ1v) is 9.52. The zero-order chi connectivity index (χ0) is 14.7. The Morgan fingerprint density at radius 2 is 2.19 bits per heavy atom. The Morgan fingerprint density at radius 3 is 2.95 bits per heavy atom. The van der Waals surface area contributed by atoms with Crippen LogP contribution in [0.4, 0.5) is 0 Å². The number of rotatable bonds is 3. The lowest BCUT2D eigenvalue weighted by Crippen LogP contribution is -2.46. The Kier molecular flexibility index (Phi) is 5.15. The smallest absolute Gasteiger partial charge is 0.124 e. The predicted octanol–water partition coefficient (Wildman–Crippen LogP) is 3.73. The lowest BCUT2D eigenvalue weighted by Gasteiger charge is -2.43. The van der Waals surface area contributed by atoms with E-state index in [1.165, 1.54) is 11.5 Å². The molecule has 3 nitrogen and oxygen atoms in total. The Labute approximate surface area is 139 Å². The maximum Gasteiger partial charge on any atom is 0.124 e. The fourth-order valence-electron chi connectivity index (χ4n) is 3.18. The van der Waals surface area contributed by atoms with Crippen molar-refractivity contribution in [1.29, 1.82) is 0 Å². The van der Waals surface area contributed by atoms with E-state index in [0.717, 1.165) is 48.1 Å². The summed E-state index contributed by atoms with van der Waals surface area (Å²) in [6.07, 6.45) is 4.53. The highest BCUT2D eigenvalue weighted by molar-refractivity contribution is 9.10. The average Bonchev–Trinajstić information content (AvgIpc) is 2.50. The second-order valence-corrected chi connectivity index (χ2v) is 7.97. The van der Waals surface area contributed by atoms with Crippen LogP contribution in [0.25, 0.3) is 0 Å². The highest BCUT2D eigenvalue weighted by atomic mass is 79.9. The van der Waals surface area contributed by atoms with Crippen molar-refractivity contribution in [2.24, 2.45) is 5.73 Å². The quantitative estimate of drug-likeness (QED) is 0.878. The van der Waals surface area contributed by atoms with E-state index in [0.29, 0.717) is 6.54 Å². The molecule has 2 N–H and O–H groups in total. The molecule has 1 aromatic carbocycles. The molecule has 0 saturated carbocycles. The van der Waals surface area contributed by atoms with Crippen molar-refractivity contribution in [2.45, 2.75) is 43.9 Å². The molecule has 2 fully saturated rings. The van der Waals surface area contributed by atoms with E-state index >= 15 is 0 Å². The molecule has 1 atom stereocenters. The van der Waals surface area contributed by atoms with Crippen molar-refractivity contribution in [3.05, 3.63) is 28.2 Å². The summed E-state index contributed by atoms with van der Waals surface area (Å²) >= 11 is 5.52. The summed E-state index contributed by atoms with van der Waals surface area (Å²) in [4.78, 5) is 0. The molecule has 3 rings (SSSR count). The highest BCUT2D eigenvalue weighted by Crippen LogP contribution is 2.39. The van der Waals surface area contributed by atoms with Crippen LogP contribution in [0.5, 0.6) is 5.75 Å². The first-order valence-electron chi connectivity index (χ1n) is 7.58. The zero-order valence-corrected chi connectivity index (χ0v) is 14.5. The summed E-state index contributed by atoms with van der Waals surface area (Å²) in [5.74, 6) is 3.34. The van der Waals surface area contributed by atoms with E-state index < -0.39 is 0 Å². The summed E-state index contributed by atoms with van der Waals surface area (Å²) in [6, 6.07) is 6.08. The Morgan fingerprint density at radius 1 is 1.38 bits per heavy atom. The Hall–Kier alpha value is -0.230. The minimum atomic E-state index is 0.0619. The number of ether oxygens (including phenoxy) is 2. The molecule has 0 amide bonds. The molecule has 2 aliphatic rings. The van der Waals surface area contributed by atoms with Crippen molar-refractivity contribution in [3.8, 4) is 5.75 Å². The second-order valence-electron chi connectivity index (χ2n) is 5.83. The van der Waals surface area contributed by atoms with Gasteiger partial charge in [-0.25, -0.2) is 0 Å². The molecule has 0 aliphatic carbocycles. The van der Waals surface area contributed by atoms with E-state index in [2.05, 4.69) is 15.9 Å². The van der Waals surface area contributed by atoms with Gasteiger partial charge < -0.3 is 15.2 Å². The molecule has 5 heteroatoms. The number of thioether (sulfide) groups is 1. The SMILES string of the molecule is NCc1cc(Br)ccc1OC1CCOC2(CCSCC2)C1. The molecule has 1 unspecified atom stereocenters. The molecule has 1 aromatic rings. The summed E-state index contributed by atoms with van der Waals surface area (Å²) in [7, 11) is 0. The van der Waals surface area contributed by atoms with Crippen LogP contribution in [0.2, 0.25) is 0 Å². The third-order valence-electron chi connectivity index (χ3n) is 4.39. The van der Waals surface area contributed by atoms with Gasteiger partial charge in [0.05, 0.1) is 12.2 Å². The summed E-state index contributed by atoms with van der Waals surface area (Å²) < 4.78 is 13.4. The molecular weight excluding hydrogens is 350 g/mol. The fraction of sp³-hybridized carbons (Fsp3) is 0.625. The van der Waals surface area contributed by atoms with Crippen LogP contribution >= 0.6 is 27.7 Å². The van der Waals surface area contributed by atoms with Crippen molar-refractivity contribution in [2.75, 3.05) is 18.1 Å². The van der Waals surface area contributed by atoms with Crippen LogP contribution < -0.4 is 10.5 Å². The predicted molar refractivity (Wildman–Crippen MR) is 90.9 cm³/mol. The minimum absolute atomic E-state index is 0.0619. The lowest BCUT2D eigenvalue weighted by atomic mass is 9.86.